The SMILES string of the molecule is CC(C)CCOC(C)C(=O)Nc1ccc(F)c(NC(=O)C2CCCCC2)c1. The smallest absolute Gasteiger partial charge is 0.253 e. The number of ether oxygens (including phenoxy) is 1. The molecular weight excluding hydrogens is 347 g/mol. The van der Waals surface area contributed by atoms with Crippen LogP contribution >= 0.6 is 0 Å². The molecule has 1 unspecified atom stereocenters. The highest BCUT2D eigenvalue weighted by molar-refractivity contribution is 5.96. The van der Waals surface area contributed by atoms with E-state index in [1.165, 1.54) is 18.2 Å². The second-order valence-corrected chi connectivity index (χ2v) is 7.70. The second kappa shape index (κ2) is 10.4. The molecule has 0 aromatic heterocycles. The van der Waals surface area contributed by atoms with E-state index in [0.29, 0.717) is 18.2 Å². The second-order valence-electron chi connectivity index (χ2n) is 7.70. The molecule has 0 saturated heterocycles. The monoisotopic (exact) mass is 378 g/mol. The maximum absolute atomic E-state index is 14.1. The van der Waals surface area contributed by atoms with Crippen LogP contribution in [0.2, 0.25) is 0 Å². The van der Waals surface area contributed by atoms with Crippen LogP contribution < -0.4 is 10.6 Å². The first kappa shape index (κ1) is 21.4. The Balaban J connectivity index is 1.93. The van der Waals surface area contributed by atoms with E-state index in [1.807, 2.05) is 0 Å². The maximum atomic E-state index is 14.1. The van der Waals surface area contributed by atoms with Gasteiger partial charge in [-0.1, -0.05) is 33.1 Å². The molecule has 6 heteroatoms. The molecule has 5 nitrogen and oxygen atoms in total. The minimum Gasteiger partial charge on any atom is -0.369 e. The Morgan fingerprint density at radius 3 is 2.52 bits per heavy atom. The van der Waals surface area contributed by atoms with Gasteiger partial charge >= 0.3 is 0 Å². The molecule has 0 spiro atoms. The summed E-state index contributed by atoms with van der Waals surface area (Å²) in [6, 6.07) is 4.18. The summed E-state index contributed by atoms with van der Waals surface area (Å²) < 4.78 is 19.6. The van der Waals surface area contributed by atoms with Crippen molar-refractivity contribution in [1.82, 2.24) is 0 Å². The molecule has 2 rings (SSSR count). The van der Waals surface area contributed by atoms with Crippen LogP contribution in [0.4, 0.5) is 15.8 Å². The molecule has 1 aliphatic carbocycles. The lowest BCUT2D eigenvalue weighted by molar-refractivity contribution is -0.126. The summed E-state index contributed by atoms with van der Waals surface area (Å²) in [6.07, 6.45) is 5.18. The number of amides is 2. The van der Waals surface area contributed by atoms with Crippen molar-refractivity contribution in [2.45, 2.75) is 65.4 Å². The molecule has 1 fully saturated rings. The zero-order chi connectivity index (χ0) is 19.8. The number of rotatable bonds is 8. The van der Waals surface area contributed by atoms with E-state index in [1.54, 1.807) is 6.92 Å². The average molecular weight is 378 g/mol. The lowest BCUT2D eigenvalue weighted by Crippen LogP contribution is -2.28. The molecule has 0 bridgehead atoms. The molecule has 0 radical (unpaired) electrons. The van der Waals surface area contributed by atoms with E-state index in [2.05, 4.69) is 24.5 Å². The zero-order valence-electron chi connectivity index (χ0n) is 16.5. The van der Waals surface area contributed by atoms with Crippen molar-refractivity contribution in [3.63, 3.8) is 0 Å². The van der Waals surface area contributed by atoms with Gasteiger partial charge in [-0.25, -0.2) is 4.39 Å². The number of hydrogen-bond acceptors (Lipinski definition) is 3. The molecular formula is C21H31FN2O3. The largest absolute Gasteiger partial charge is 0.369 e. The minimum absolute atomic E-state index is 0.0641. The quantitative estimate of drug-likeness (QED) is 0.687. The van der Waals surface area contributed by atoms with Crippen molar-refractivity contribution in [3.8, 4) is 0 Å². The van der Waals surface area contributed by atoms with Gasteiger partial charge in [0.05, 0.1) is 5.69 Å². The fraction of sp³-hybridized carbons (Fsp3) is 0.619. The van der Waals surface area contributed by atoms with Gasteiger partial charge in [0.1, 0.15) is 11.9 Å². The van der Waals surface area contributed by atoms with Crippen molar-refractivity contribution in [3.05, 3.63) is 24.0 Å². The van der Waals surface area contributed by atoms with Crippen molar-refractivity contribution < 1.29 is 18.7 Å². The Morgan fingerprint density at radius 2 is 1.85 bits per heavy atom. The Hall–Kier alpha value is -1.95. The van der Waals surface area contributed by atoms with Crippen LogP contribution in [0.25, 0.3) is 0 Å². The standard InChI is InChI=1S/C21H31FN2O3/c1-14(2)11-12-27-15(3)20(25)23-17-9-10-18(22)19(13-17)24-21(26)16-7-5-4-6-8-16/h9-10,13-16H,4-8,11-12H2,1-3H3,(H,23,25)(H,24,26). The van der Waals surface area contributed by atoms with Gasteiger partial charge < -0.3 is 15.4 Å². The molecule has 27 heavy (non-hydrogen) atoms. The molecule has 1 saturated carbocycles. The summed E-state index contributed by atoms with van der Waals surface area (Å²) >= 11 is 0. The Morgan fingerprint density at radius 1 is 1.15 bits per heavy atom. The van der Waals surface area contributed by atoms with Gasteiger partial charge in [0.25, 0.3) is 5.91 Å². The predicted octanol–water partition coefficient (Wildman–Crippen LogP) is 4.73. The Bertz CT molecular complexity index is 642. The van der Waals surface area contributed by atoms with E-state index in [0.717, 1.165) is 38.5 Å². The highest BCUT2D eigenvalue weighted by Gasteiger charge is 2.22. The van der Waals surface area contributed by atoms with E-state index >= 15 is 0 Å². The molecule has 1 aliphatic rings. The number of carbonyl (C=O) groups excluding carboxylic acids is 2. The lowest BCUT2D eigenvalue weighted by Gasteiger charge is -2.21. The van der Waals surface area contributed by atoms with Crippen molar-refractivity contribution in [2.24, 2.45) is 11.8 Å². The topological polar surface area (TPSA) is 67.4 Å². The first-order valence-corrected chi connectivity index (χ1v) is 9.89. The van der Waals surface area contributed by atoms with Gasteiger partial charge in [0.15, 0.2) is 0 Å². The molecule has 1 atom stereocenters. The van der Waals surface area contributed by atoms with E-state index < -0.39 is 11.9 Å². The first-order valence-electron chi connectivity index (χ1n) is 9.89. The van der Waals surface area contributed by atoms with Gasteiger partial charge in [-0.3, -0.25) is 9.59 Å². The number of carbonyl (C=O) groups is 2. The molecule has 2 amide bonds. The summed E-state index contributed by atoms with van der Waals surface area (Å²) in [7, 11) is 0. The molecule has 0 aliphatic heterocycles. The van der Waals surface area contributed by atoms with Crippen molar-refractivity contribution in [1.29, 1.82) is 0 Å². The number of anilines is 2. The summed E-state index contributed by atoms with van der Waals surface area (Å²) in [5.41, 5.74) is 0.524. The van der Waals surface area contributed by atoms with Crippen LogP contribution in [0.5, 0.6) is 0 Å². The van der Waals surface area contributed by atoms with Gasteiger partial charge in [-0.2, -0.15) is 0 Å². The van der Waals surface area contributed by atoms with Gasteiger partial charge in [0.2, 0.25) is 5.91 Å². The zero-order valence-corrected chi connectivity index (χ0v) is 16.5. The van der Waals surface area contributed by atoms with Crippen molar-refractivity contribution in [2.75, 3.05) is 17.2 Å². The van der Waals surface area contributed by atoms with E-state index in [9.17, 15) is 14.0 Å². The Labute approximate surface area is 161 Å². The van der Waals surface area contributed by atoms with Crippen LogP contribution in [0, 0.1) is 17.7 Å². The number of benzene rings is 1. The summed E-state index contributed by atoms with van der Waals surface area (Å²) in [4.78, 5) is 24.6. The van der Waals surface area contributed by atoms with Gasteiger partial charge in [-0.05, 0) is 50.3 Å². The lowest BCUT2D eigenvalue weighted by atomic mass is 9.88. The molecule has 0 heterocycles. The fourth-order valence-electron chi connectivity index (χ4n) is 3.10. The molecule has 1 aromatic rings. The van der Waals surface area contributed by atoms with E-state index in [-0.39, 0.29) is 23.4 Å². The molecule has 1 aromatic carbocycles. The van der Waals surface area contributed by atoms with E-state index in [4.69, 9.17) is 4.74 Å². The summed E-state index contributed by atoms with van der Waals surface area (Å²) in [5, 5.41) is 5.39. The third-order valence-corrected chi connectivity index (χ3v) is 4.90. The van der Waals surface area contributed by atoms with Gasteiger partial charge in [-0.15, -0.1) is 0 Å². The third kappa shape index (κ3) is 6.94. The van der Waals surface area contributed by atoms with Crippen LogP contribution in [0.15, 0.2) is 18.2 Å². The average Bonchev–Trinajstić information content (AvgIpc) is 2.64. The number of hydrogen-bond donors (Lipinski definition) is 2. The minimum atomic E-state index is -0.603. The number of nitrogens with one attached hydrogen (secondary N) is 2. The third-order valence-electron chi connectivity index (χ3n) is 4.90. The first-order chi connectivity index (χ1) is 12.9. The summed E-state index contributed by atoms with van der Waals surface area (Å²) in [6.45, 7) is 6.38. The maximum Gasteiger partial charge on any atom is 0.253 e. The number of halogens is 1. The van der Waals surface area contributed by atoms with Crippen LogP contribution in [-0.4, -0.2) is 24.5 Å². The predicted molar refractivity (Wildman–Crippen MR) is 105 cm³/mol. The highest BCUT2D eigenvalue weighted by Crippen LogP contribution is 2.26. The molecule has 2 N–H and O–H groups in total. The highest BCUT2D eigenvalue weighted by atomic mass is 19.1. The normalized spacial score (nSPS) is 16.2. The fourth-order valence-corrected chi connectivity index (χ4v) is 3.10. The molecule has 150 valence electrons. The van der Waals surface area contributed by atoms with Crippen LogP contribution in [0.1, 0.15) is 59.3 Å². The van der Waals surface area contributed by atoms with Crippen LogP contribution in [-0.2, 0) is 14.3 Å². The van der Waals surface area contributed by atoms with Crippen LogP contribution in [0.3, 0.4) is 0 Å². The van der Waals surface area contributed by atoms with Crippen molar-refractivity contribution >= 4 is 23.2 Å². The summed E-state index contributed by atoms with van der Waals surface area (Å²) in [5.74, 6) is -0.519. The van der Waals surface area contributed by atoms with Gasteiger partial charge in [0, 0.05) is 18.2 Å². The Kier molecular flexibility index (Phi) is 8.23.